The maximum Gasteiger partial charge on any atom is 0.417 e. The summed E-state index contributed by atoms with van der Waals surface area (Å²) in [6, 6.07) is 6.51. The van der Waals surface area contributed by atoms with E-state index in [9.17, 15) is 13.2 Å². The lowest BCUT2D eigenvalue weighted by atomic mass is 10.2. The van der Waals surface area contributed by atoms with E-state index >= 15 is 0 Å². The summed E-state index contributed by atoms with van der Waals surface area (Å²) in [6.45, 7) is 4.25. The first-order chi connectivity index (χ1) is 13.8. The Kier molecular flexibility index (Phi) is 5.03. The van der Waals surface area contributed by atoms with Gasteiger partial charge in [0.1, 0.15) is 5.82 Å². The van der Waals surface area contributed by atoms with E-state index < -0.39 is 11.7 Å². The number of halogens is 4. The highest BCUT2D eigenvalue weighted by Crippen LogP contribution is 2.33. The lowest BCUT2D eigenvalue weighted by molar-refractivity contribution is -0.137. The lowest BCUT2D eigenvalue weighted by Crippen LogP contribution is -2.47. The number of aromatic nitrogens is 5. The Morgan fingerprint density at radius 3 is 2.17 bits per heavy atom. The number of nitrogens with zero attached hydrogens (tertiary/aromatic N) is 7. The van der Waals surface area contributed by atoms with Gasteiger partial charge in [-0.05, 0) is 31.2 Å². The van der Waals surface area contributed by atoms with Gasteiger partial charge in [-0.15, -0.1) is 10.2 Å². The van der Waals surface area contributed by atoms with Crippen LogP contribution in [0.1, 0.15) is 11.3 Å². The highest BCUT2D eigenvalue weighted by Gasteiger charge is 2.32. The Balaban J connectivity index is 1.42. The fraction of sp³-hybridized carbons (Fsp3) is 0.333. The molecular formula is C18H17ClF3N7. The third-order valence-electron chi connectivity index (χ3n) is 4.65. The van der Waals surface area contributed by atoms with Crippen molar-refractivity contribution in [2.45, 2.75) is 13.1 Å². The van der Waals surface area contributed by atoms with Gasteiger partial charge >= 0.3 is 6.18 Å². The van der Waals surface area contributed by atoms with Crippen LogP contribution in [-0.2, 0) is 6.18 Å². The number of anilines is 2. The third kappa shape index (κ3) is 4.12. The van der Waals surface area contributed by atoms with Crippen LogP contribution in [0.25, 0.3) is 5.82 Å². The van der Waals surface area contributed by atoms with Crippen molar-refractivity contribution in [1.29, 1.82) is 0 Å². The Labute approximate surface area is 169 Å². The second-order valence-electron chi connectivity index (χ2n) is 6.65. The summed E-state index contributed by atoms with van der Waals surface area (Å²) >= 11 is 6.05. The van der Waals surface area contributed by atoms with Gasteiger partial charge in [0.2, 0.25) is 0 Å². The molecule has 3 aromatic heterocycles. The molecule has 0 radical (unpaired) electrons. The Morgan fingerprint density at radius 2 is 1.62 bits per heavy atom. The van der Waals surface area contributed by atoms with Crippen LogP contribution in [0.2, 0.25) is 5.02 Å². The zero-order valence-electron chi connectivity index (χ0n) is 15.4. The van der Waals surface area contributed by atoms with E-state index in [1.807, 2.05) is 36.2 Å². The van der Waals surface area contributed by atoms with E-state index in [2.05, 4.69) is 25.2 Å². The highest BCUT2D eigenvalue weighted by atomic mass is 35.5. The van der Waals surface area contributed by atoms with Crippen molar-refractivity contribution >= 4 is 23.2 Å². The quantitative estimate of drug-likeness (QED) is 0.643. The molecule has 0 amide bonds. The van der Waals surface area contributed by atoms with Crippen LogP contribution in [0.3, 0.4) is 0 Å². The van der Waals surface area contributed by atoms with E-state index in [0.29, 0.717) is 37.8 Å². The molecule has 1 aliphatic rings. The normalized spacial score (nSPS) is 15.1. The first-order valence-corrected chi connectivity index (χ1v) is 9.28. The molecule has 0 atom stereocenters. The predicted molar refractivity (Wildman–Crippen MR) is 103 cm³/mol. The van der Waals surface area contributed by atoms with E-state index in [0.717, 1.165) is 23.8 Å². The molecule has 0 saturated carbocycles. The first kappa shape index (κ1) is 19.4. The molecule has 3 aromatic rings. The Hall–Kier alpha value is -2.88. The van der Waals surface area contributed by atoms with Crippen LogP contribution in [0.5, 0.6) is 0 Å². The fourth-order valence-corrected chi connectivity index (χ4v) is 3.40. The molecule has 0 N–H and O–H groups in total. The van der Waals surface area contributed by atoms with Crippen molar-refractivity contribution in [3.8, 4) is 5.82 Å². The van der Waals surface area contributed by atoms with Crippen LogP contribution in [0, 0.1) is 6.92 Å². The molecule has 0 bridgehead atoms. The number of hydrogen-bond acceptors (Lipinski definition) is 6. The molecule has 152 valence electrons. The average molecular weight is 424 g/mol. The molecule has 0 aromatic carbocycles. The number of alkyl halides is 3. The number of hydrogen-bond donors (Lipinski definition) is 0. The first-order valence-electron chi connectivity index (χ1n) is 8.90. The van der Waals surface area contributed by atoms with Crippen molar-refractivity contribution in [2.75, 3.05) is 36.0 Å². The van der Waals surface area contributed by atoms with Gasteiger partial charge in [-0.2, -0.15) is 18.3 Å². The second-order valence-corrected chi connectivity index (χ2v) is 7.06. The minimum absolute atomic E-state index is 0.00747. The van der Waals surface area contributed by atoms with E-state index in [1.165, 1.54) is 0 Å². The summed E-state index contributed by atoms with van der Waals surface area (Å²) in [5, 5.41) is 12.8. The lowest BCUT2D eigenvalue weighted by Gasteiger charge is -2.36. The maximum atomic E-state index is 12.8. The summed E-state index contributed by atoms with van der Waals surface area (Å²) in [6.07, 6.45) is -1.83. The Morgan fingerprint density at radius 1 is 0.966 bits per heavy atom. The van der Waals surface area contributed by atoms with Crippen molar-refractivity contribution in [3.63, 3.8) is 0 Å². The van der Waals surface area contributed by atoms with Gasteiger partial charge in [0.25, 0.3) is 0 Å². The average Bonchev–Trinajstić information content (AvgIpc) is 3.14. The van der Waals surface area contributed by atoms with Crippen molar-refractivity contribution < 1.29 is 13.2 Å². The summed E-state index contributed by atoms with van der Waals surface area (Å²) in [7, 11) is 0. The van der Waals surface area contributed by atoms with Crippen LogP contribution in [0.15, 0.2) is 36.7 Å². The predicted octanol–water partition coefficient (Wildman–Crippen LogP) is 3.36. The van der Waals surface area contributed by atoms with Crippen LogP contribution in [0.4, 0.5) is 24.8 Å². The van der Waals surface area contributed by atoms with Gasteiger partial charge in [0, 0.05) is 38.6 Å². The fourth-order valence-electron chi connectivity index (χ4n) is 3.12. The van der Waals surface area contributed by atoms with Gasteiger partial charge in [-0.1, -0.05) is 11.6 Å². The van der Waals surface area contributed by atoms with Crippen molar-refractivity contribution in [2.24, 2.45) is 0 Å². The standard InChI is InChI=1S/C18H17ClF3N7/c1-12-4-5-29(26-12)16-3-2-15(24-25-16)27-6-8-28(9-7-27)17-14(19)10-13(11-23-17)18(20,21)22/h2-5,10-11H,6-9H2,1H3. The summed E-state index contributed by atoms with van der Waals surface area (Å²) < 4.78 is 40.0. The topological polar surface area (TPSA) is 63.0 Å². The molecule has 0 aliphatic carbocycles. The van der Waals surface area contributed by atoms with Gasteiger partial charge in [0.15, 0.2) is 11.6 Å². The maximum absolute atomic E-state index is 12.8. The molecule has 0 spiro atoms. The van der Waals surface area contributed by atoms with Crippen LogP contribution in [-0.4, -0.2) is 51.1 Å². The molecule has 1 saturated heterocycles. The molecule has 1 aliphatic heterocycles. The minimum atomic E-state index is -4.46. The number of piperazine rings is 1. The van der Waals surface area contributed by atoms with Crippen molar-refractivity contribution in [1.82, 2.24) is 25.0 Å². The Bertz CT molecular complexity index is 995. The monoisotopic (exact) mass is 423 g/mol. The number of rotatable bonds is 3. The zero-order valence-corrected chi connectivity index (χ0v) is 16.2. The van der Waals surface area contributed by atoms with E-state index in [1.54, 1.807) is 4.68 Å². The van der Waals surface area contributed by atoms with E-state index in [-0.39, 0.29) is 5.02 Å². The summed E-state index contributed by atoms with van der Waals surface area (Å²) in [5.41, 5.74) is 0.0372. The molecule has 7 nitrogen and oxygen atoms in total. The minimum Gasteiger partial charge on any atom is -0.352 e. The molecule has 4 rings (SSSR count). The largest absolute Gasteiger partial charge is 0.417 e. The van der Waals surface area contributed by atoms with Gasteiger partial charge in [-0.25, -0.2) is 9.67 Å². The van der Waals surface area contributed by atoms with Crippen molar-refractivity contribution in [3.05, 3.63) is 52.9 Å². The van der Waals surface area contributed by atoms with Crippen LogP contribution < -0.4 is 9.80 Å². The molecule has 29 heavy (non-hydrogen) atoms. The summed E-state index contributed by atoms with van der Waals surface area (Å²) in [5.74, 6) is 1.71. The smallest absolute Gasteiger partial charge is 0.352 e. The molecule has 4 heterocycles. The summed E-state index contributed by atoms with van der Waals surface area (Å²) in [4.78, 5) is 7.85. The van der Waals surface area contributed by atoms with Crippen LogP contribution >= 0.6 is 11.6 Å². The van der Waals surface area contributed by atoms with Gasteiger partial charge in [0.05, 0.1) is 16.3 Å². The zero-order chi connectivity index (χ0) is 20.6. The SMILES string of the molecule is Cc1ccn(-c2ccc(N3CCN(c4ncc(C(F)(F)F)cc4Cl)CC3)nn2)n1. The molecule has 11 heteroatoms. The molecule has 0 unspecified atom stereocenters. The molecular weight excluding hydrogens is 407 g/mol. The van der Waals surface area contributed by atoms with Gasteiger partial charge < -0.3 is 9.80 Å². The third-order valence-corrected chi connectivity index (χ3v) is 4.92. The van der Waals surface area contributed by atoms with E-state index in [4.69, 9.17) is 11.6 Å². The molecule has 1 fully saturated rings. The number of pyridine rings is 1. The highest BCUT2D eigenvalue weighted by molar-refractivity contribution is 6.33. The van der Waals surface area contributed by atoms with Gasteiger partial charge in [-0.3, -0.25) is 0 Å². The number of aryl methyl sites for hydroxylation is 1. The second kappa shape index (κ2) is 7.51.